The van der Waals surface area contributed by atoms with Gasteiger partial charge in [-0.15, -0.1) is 0 Å². The molecule has 0 amide bonds. The van der Waals surface area contributed by atoms with Gasteiger partial charge in [0.1, 0.15) is 0 Å². The molecule has 1 heterocycles. The average Bonchev–Trinajstić information content (AvgIpc) is 2.23. The first kappa shape index (κ1) is 11.4. The molecule has 1 unspecified atom stereocenters. The monoisotopic (exact) mass is 211 g/mol. The quantitative estimate of drug-likeness (QED) is 0.627. The van der Waals surface area contributed by atoms with E-state index in [1.807, 2.05) is 0 Å². The van der Waals surface area contributed by atoms with Crippen LogP contribution < -0.4 is 16.4 Å². The van der Waals surface area contributed by atoms with Crippen molar-refractivity contribution in [2.75, 3.05) is 26.2 Å². The van der Waals surface area contributed by atoms with E-state index in [1.54, 1.807) is 0 Å². The number of hydrogen-bond acceptors (Lipinski definition) is 3. The second kappa shape index (κ2) is 5.83. The zero-order valence-electron chi connectivity index (χ0n) is 9.67. The van der Waals surface area contributed by atoms with E-state index in [0.29, 0.717) is 5.92 Å². The van der Waals surface area contributed by atoms with Gasteiger partial charge in [-0.1, -0.05) is 6.42 Å². The van der Waals surface area contributed by atoms with Gasteiger partial charge >= 0.3 is 0 Å². The van der Waals surface area contributed by atoms with Crippen LogP contribution in [0.1, 0.15) is 32.1 Å². The van der Waals surface area contributed by atoms with E-state index in [2.05, 4.69) is 10.6 Å². The number of hydrogen-bond donors (Lipinski definition) is 3. The molecule has 0 bridgehead atoms. The minimum absolute atomic E-state index is 0.702. The second-order valence-electron chi connectivity index (χ2n) is 5.12. The molecule has 4 N–H and O–H groups in total. The molecule has 0 aromatic rings. The lowest BCUT2D eigenvalue weighted by atomic mass is 9.84. The Balaban J connectivity index is 1.69. The first-order valence-electron chi connectivity index (χ1n) is 6.54. The molecule has 0 aromatic heterocycles. The molecule has 88 valence electrons. The highest BCUT2D eigenvalue weighted by Gasteiger charge is 2.24. The molecule has 3 nitrogen and oxygen atoms in total. The number of piperidine rings is 1. The Labute approximate surface area is 93.2 Å². The molecule has 2 aliphatic rings. The van der Waals surface area contributed by atoms with Gasteiger partial charge in [0.05, 0.1) is 0 Å². The summed E-state index contributed by atoms with van der Waals surface area (Å²) in [5.41, 5.74) is 5.89. The van der Waals surface area contributed by atoms with Crippen molar-refractivity contribution >= 4 is 0 Å². The second-order valence-corrected chi connectivity index (χ2v) is 5.12. The van der Waals surface area contributed by atoms with Crippen molar-refractivity contribution in [3.05, 3.63) is 0 Å². The van der Waals surface area contributed by atoms with Crippen molar-refractivity contribution in [3.8, 4) is 0 Å². The predicted octanol–water partition coefficient (Wildman–Crippen LogP) is 0.703. The lowest BCUT2D eigenvalue weighted by molar-refractivity contribution is 0.233. The lowest BCUT2D eigenvalue weighted by Crippen LogP contribution is -2.43. The standard InChI is InChI=1S/C12H25N3/c13-8-11(9-15-12-2-1-3-12)10-4-6-14-7-5-10/h10-12,14-15H,1-9,13H2. The maximum Gasteiger partial charge on any atom is 0.00672 e. The summed E-state index contributed by atoms with van der Waals surface area (Å²) in [7, 11) is 0. The van der Waals surface area contributed by atoms with Crippen LogP contribution in [0.15, 0.2) is 0 Å². The van der Waals surface area contributed by atoms with Crippen LogP contribution in [-0.4, -0.2) is 32.2 Å². The molecular formula is C12H25N3. The first-order valence-corrected chi connectivity index (χ1v) is 6.54. The normalized spacial score (nSPS) is 26.2. The van der Waals surface area contributed by atoms with Crippen LogP contribution >= 0.6 is 0 Å². The van der Waals surface area contributed by atoms with E-state index in [9.17, 15) is 0 Å². The van der Waals surface area contributed by atoms with Gasteiger partial charge in [0.2, 0.25) is 0 Å². The van der Waals surface area contributed by atoms with Crippen molar-refractivity contribution in [3.63, 3.8) is 0 Å². The highest BCUT2D eigenvalue weighted by molar-refractivity contribution is 4.82. The maximum absolute atomic E-state index is 5.89. The zero-order valence-corrected chi connectivity index (χ0v) is 9.67. The Morgan fingerprint density at radius 3 is 2.47 bits per heavy atom. The molecule has 2 rings (SSSR count). The fraction of sp³-hybridized carbons (Fsp3) is 1.00. The minimum atomic E-state index is 0.702. The third-order valence-electron chi connectivity index (χ3n) is 4.13. The van der Waals surface area contributed by atoms with E-state index < -0.39 is 0 Å². The van der Waals surface area contributed by atoms with Crippen LogP contribution in [0.3, 0.4) is 0 Å². The molecule has 1 aliphatic carbocycles. The molecule has 1 saturated heterocycles. The molecule has 15 heavy (non-hydrogen) atoms. The third kappa shape index (κ3) is 3.16. The topological polar surface area (TPSA) is 50.1 Å². The van der Waals surface area contributed by atoms with E-state index in [1.165, 1.54) is 45.2 Å². The van der Waals surface area contributed by atoms with E-state index >= 15 is 0 Å². The number of rotatable bonds is 5. The van der Waals surface area contributed by atoms with Gasteiger partial charge in [-0.3, -0.25) is 0 Å². The summed E-state index contributed by atoms with van der Waals surface area (Å²) in [6.45, 7) is 4.37. The van der Waals surface area contributed by atoms with Gasteiger partial charge < -0.3 is 16.4 Å². The summed E-state index contributed by atoms with van der Waals surface area (Å²) in [6, 6.07) is 0.806. The van der Waals surface area contributed by atoms with E-state index in [-0.39, 0.29) is 0 Å². The molecule has 0 aromatic carbocycles. The van der Waals surface area contributed by atoms with Gasteiger partial charge in [-0.25, -0.2) is 0 Å². The van der Waals surface area contributed by atoms with Crippen molar-refractivity contribution in [2.24, 2.45) is 17.6 Å². The number of nitrogens with one attached hydrogen (secondary N) is 2. The predicted molar refractivity (Wildman–Crippen MR) is 63.8 cm³/mol. The van der Waals surface area contributed by atoms with Gasteiger partial charge in [0.15, 0.2) is 0 Å². The van der Waals surface area contributed by atoms with Gasteiger partial charge in [0, 0.05) is 6.04 Å². The summed E-state index contributed by atoms with van der Waals surface area (Å²) < 4.78 is 0. The fourth-order valence-corrected chi connectivity index (χ4v) is 2.69. The Morgan fingerprint density at radius 2 is 1.93 bits per heavy atom. The Bertz CT molecular complexity index is 174. The van der Waals surface area contributed by atoms with Crippen LogP contribution in [0.2, 0.25) is 0 Å². The van der Waals surface area contributed by atoms with Crippen LogP contribution in [0.25, 0.3) is 0 Å². The molecule has 0 spiro atoms. The van der Waals surface area contributed by atoms with Gasteiger partial charge in [-0.2, -0.15) is 0 Å². The molecule has 0 radical (unpaired) electrons. The van der Waals surface area contributed by atoms with Gasteiger partial charge in [0.25, 0.3) is 0 Å². The summed E-state index contributed by atoms with van der Waals surface area (Å²) in [6.07, 6.45) is 6.80. The van der Waals surface area contributed by atoms with E-state index in [4.69, 9.17) is 5.73 Å². The fourth-order valence-electron chi connectivity index (χ4n) is 2.69. The Hall–Kier alpha value is -0.120. The average molecular weight is 211 g/mol. The summed E-state index contributed by atoms with van der Waals surface area (Å²) in [4.78, 5) is 0. The number of nitrogens with two attached hydrogens (primary N) is 1. The van der Waals surface area contributed by atoms with Crippen LogP contribution in [0.5, 0.6) is 0 Å². The largest absolute Gasteiger partial charge is 0.330 e. The first-order chi connectivity index (χ1) is 7.40. The SMILES string of the molecule is NCC(CNC1CCC1)C1CCNCC1. The molecular weight excluding hydrogens is 186 g/mol. The van der Waals surface area contributed by atoms with Crippen molar-refractivity contribution < 1.29 is 0 Å². The highest BCUT2D eigenvalue weighted by Crippen LogP contribution is 2.23. The van der Waals surface area contributed by atoms with E-state index in [0.717, 1.165) is 25.0 Å². The van der Waals surface area contributed by atoms with Crippen LogP contribution in [-0.2, 0) is 0 Å². The van der Waals surface area contributed by atoms with Gasteiger partial charge in [-0.05, 0) is 63.7 Å². The van der Waals surface area contributed by atoms with Crippen molar-refractivity contribution in [1.82, 2.24) is 10.6 Å². The molecule has 1 aliphatic heterocycles. The molecule has 1 atom stereocenters. The highest BCUT2D eigenvalue weighted by atomic mass is 14.9. The Kier molecular flexibility index (Phi) is 4.42. The molecule has 3 heteroatoms. The lowest BCUT2D eigenvalue weighted by Gasteiger charge is -2.33. The zero-order chi connectivity index (χ0) is 10.5. The third-order valence-corrected chi connectivity index (χ3v) is 4.13. The maximum atomic E-state index is 5.89. The molecule has 1 saturated carbocycles. The van der Waals surface area contributed by atoms with Crippen molar-refractivity contribution in [1.29, 1.82) is 0 Å². The smallest absolute Gasteiger partial charge is 0.00672 e. The van der Waals surface area contributed by atoms with Crippen LogP contribution in [0.4, 0.5) is 0 Å². The minimum Gasteiger partial charge on any atom is -0.330 e. The van der Waals surface area contributed by atoms with Crippen LogP contribution in [0, 0.1) is 11.8 Å². The molecule has 2 fully saturated rings. The summed E-state index contributed by atoms with van der Waals surface area (Å²) in [5, 5.41) is 7.09. The van der Waals surface area contributed by atoms with Crippen molar-refractivity contribution in [2.45, 2.75) is 38.1 Å². The summed E-state index contributed by atoms with van der Waals surface area (Å²) >= 11 is 0. The summed E-state index contributed by atoms with van der Waals surface area (Å²) in [5.74, 6) is 1.55. The Morgan fingerprint density at radius 1 is 1.20 bits per heavy atom.